The van der Waals surface area contributed by atoms with Crippen LogP contribution >= 0.6 is 15.9 Å². The fourth-order valence-electron chi connectivity index (χ4n) is 2.49. The highest BCUT2D eigenvalue weighted by atomic mass is 79.9. The topological polar surface area (TPSA) is 60.9 Å². The zero-order chi connectivity index (χ0) is 15.5. The van der Waals surface area contributed by atoms with Crippen LogP contribution in [0.25, 0.3) is 0 Å². The lowest BCUT2D eigenvalue weighted by Gasteiger charge is -2.33. The van der Waals surface area contributed by atoms with E-state index in [0.29, 0.717) is 19.6 Å². The van der Waals surface area contributed by atoms with Crippen LogP contribution in [0, 0.1) is 5.92 Å². The molecule has 0 unspecified atom stereocenters. The molecule has 1 N–H and O–H groups in total. The minimum absolute atomic E-state index is 0.141. The van der Waals surface area contributed by atoms with E-state index in [1.807, 2.05) is 24.3 Å². The molecule has 1 fully saturated rings. The van der Waals surface area contributed by atoms with E-state index in [1.165, 1.54) is 8.61 Å². The van der Waals surface area contributed by atoms with Gasteiger partial charge in [0, 0.05) is 37.8 Å². The second-order valence-corrected chi connectivity index (χ2v) is 8.37. The number of hydrogen-bond acceptors (Lipinski definition) is 3. The van der Waals surface area contributed by atoms with E-state index >= 15 is 0 Å². The smallest absolute Gasteiger partial charge is 0.282 e. The minimum atomic E-state index is -3.44. The summed E-state index contributed by atoms with van der Waals surface area (Å²) in [6.45, 7) is 1.45. The van der Waals surface area contributed by atoms with Crippen molar-refractivity contribution >= 4 is 26.1 Å². The van der Waals surface area contributed by atoms with E-state index in [0.717, 1.165) is 22.9 Å². The number of aliphatic hydroxyl groups is 1. The van der Waals surface area contributed by atoms with Crippen molar-refractivity contribution in [3.05, 3.63) is 34.3 Å². The first kappa shape index (κ1) is 16.9. The third-order valence-corrected chi connectivity index (χ3v) is 6.27. The zero-order valence-corrected chi connectivity index (χ0v) is 14.5. The lowest BCUT2D eigenvalue weighted by atomic mass is 10.00. The lowest BCUT2D eigenvalue weighted by Crippen LogP contribution is -2.45. The van der Waals surface area contributed by atoms with E-state index in [2.05, 4.69) is 15.9 Å². The molecule has 7 heteroatoms. The SMILES string of the molecule is CN(Cc1cccc(Br)c1)S(=O)(=O)N1CCC(CO)CC1. The van der Waals surface area contributed by atoms with Crippen LogP contribution in [0.2, 0.25) is 0 Å². The second kappa shape index (κ2) is 7.19. The van der Waals surface area contributed by atoms with Crippen LogP contribution in [0.3, 0.4) is 0 Å². The number of halogens is 1. The van der Waals surface area contributed by atoms with Crippen LogP contribution in [0.15, 0.2) is 28.7 Å². The van der Waals surface area contributed by atoms with Crippen LogP contribution in [-0.2, 0) is 16.8 Å². The third-order valence-electron chi connectivity index (χ3n) is 3.85. The Morgan fingerprint density at radius 2 is 2.05 bits per heavy atom. The van der Waals surface area contributed by atoms with Gasteiger partial charge in [-0.25, -0.2) is 0 Å². The summed E-state index contributed by atoms with van der Waals surface area (Å²) in [5, 5.41) is 9.13. The molecule has 1 heterocycles. The van der Waals surface area contributed by atoms with Gasteiger partial charge in [-0.15, -0.1) is 0 Å². The minimum Gasteiger partial charge on any atom is -0.396 e. The maximum Gasteiger partial charge on any atom is 0.282 e. The lowest BCUT2D eigenvalue weighted by molar-refractivity contribution is 0.166. The molecule has 1 aromatic carbocycles. The molecule has 0 aliphatic carbocycles. The Bertz CT molecular complexity index is 571. The molecule has 0 spiro atoms. The standard InChI is InChI=1S/C14H21BrN2O3S/c1-16(10-13-3-2-4-14(15)9-13)21(19,20)17-7-5-12(11-18)6-8-17/h2-4,9,12,18H,5-8,10-11H2,1H3. The molecule has 5 nitrogen and oxygen atoms in total. The molecule has 0 bridgehead atoms. The van der Waals surface area contributed by atoms with Gasteiger partial charge in [0.1, 0.15) is 0 Å². The van der Waals surface area contributed by atoms with Gasteiger partial charge < -0.3 is 5.11 Å². The van der Waals surface area contributed by atoms with Gasteiger partial charge in [-0.1, -0.05) is 28.1 Å². The van der Waals surface area contributed by atoms with Gasteiger partial charge in [-0.3, -0.25) is 0 Å². The van der Waals surface area contributed by atoms with Crippen molar-refractivity contribution in [2.45, 2.75) is 19.4 Å². The first-order chi connectivity index (χ1) is 9.93. The van der Waals surface area contributed by atoms with Crippen molar-refractivity contribution in [2.24, 2.45) is 5.92 Å². The molecule has 0 aromatic heterocycles. The maximum absolute atomic E-state index is 12.5. The van der Waals surface area contributed by atoms with Crippen molar-refractivity contribution in [3.8, 4) is 0 Å². The van der Waals surface area contributed by atoms with Gasteiger partial charge in [0.15, 0.2) is 0 Å². The number of piperidine rings is 1. The summed E-state index contributed by atoms with van der Waals surface area (Å²) in [5.74, 6) is 0.229. The quantitative estimate of drug-likeness (QED) is 0.852. The summed E-state index contributed by atoms with van der Waals surface area (Å²) >= 11 is 3.39. The normalized spacial score (nSPS) is 18.3. The Morgan fingerprint density at radius 3 is 2.62 bits per heavy atom. The molecule has 1 aliphatic heterocycles. The molecule has 0 radical (unpaired) electrons. The average Bonchev–Trinajstić information content (AvgIpc) is 2.47. The highest BCUT2D eigenvalue weighted by Crippen LogP contribution is 2.21. The summed E-state index contributed by atoms with van der Waals surface area (Å²) in [6.07, 6.45) is 1.45. The molecule has 21 heavy (non-hydrogen) atoms. The third kappa shape index (κ3) is 4.26. The van der Waals surface area contributed by atoms with E-state index in [-0.39, 0.29) is 12.5 Å². The number of nitrogens with zero attached hydrogens (tertiary/aromatic N) is 2. The van der Waals surface area contributed by atoms with Crippen molar-refractivity contribution < 1.29 is 13.5 Å². The van der Waals surface area contributed by atoms with Gasteiger partial charge in [-0.2, -0.15) is 17.0 Å². The van der Waals surface area contributed by atoms with Crippen LogP contribution < -0.4 is 0 Å². The first-order valence-electron chi connectivity index (χ1n) is 7.00. The van der Waals surface area contributed by atoms with Crippen molar-refractivity contribution in [1.29, 1.82) is 0 Å². The average molecular weight is 377 g/mol. The first-order valence-corrected chi connectivity index (χ1v) is 9.19. The van der Waals surface area contributed by atoms with Crippen LogP contribution in [0.1, 0.15) is 18.4 Å². The summed E-state index contributed by atoms with van der Waals surface area (Å²) in [6, 6.07) is 7.64. The van der Waals surface area contributed by atoms with Gasteiger partial charge >= 0.3 is 0 Å². The van der Waals surface area contributed by atoms with Crippen LogP contribution in [0.4, 0.5) is 0 Å². The molecule has 0 saturated carbocycles. The number of aliphatic hydroxyl groups excluding tert-OH is 1. The molecule has 0 amide bonds. The Kier molecular flexibility index (Phi) is 5.79. The van der Waals surface area contributed by atoms with E-state index in [1.54, 1.807) is 7.05 Å². The molecule has 0 atom stereocenters. The van der Waals surface area contributed by atoms with Gasteiger partial charge in [0.05, 0.1) is 0 Å². The molecular weight excluding hydrogens is 356 g/mol. The van der Waals surface area contributed by atoms with Crippen molar-refractivity contribution in [1.82, 2.24) is 8.61 Å². The van der Waals surface area contributed by atoms with Gasteiger partial charge in [0.25, 0.3) is 10.2 Å². The Balaban J connectivity index is 2.02. The molecule has 118 valence electrons. The molecule has 1 aliphatic rings. The predicted octanol–water partition coefficient (Wildman–Crippen LogP) is 1.83. The zero-order valence-electron chi connectivity index (χ0n) is 12.1. The summed E-state index contributed by atoms with van der Waals surface area (Å²) in [7, 11) is -1.83. The second-order valence-electron chi connectivity index (χ2n) is 5.42. The predicted molar refractivity (Wildman–Crippen MR) is 85.9 cm³/mol. The monoisotopic (exact) mass is 376 g/mol. The van der Waals surface area contributed by atoms with Crippen LogP contribution in [0.5, 0.6) is 0 Å². The highest BCUT2D eigenvalue weighted by Gasteiger charge is 2.30. The Hall–Kier alpha value is -0.470. The maximum atomic E-state index is 12.5. The van der Waals surface area contributed by atoms with Crippen molar-refractivity contribution in [3.63, 3.8) is 0 Å². The molecule has 1 aromatic rings. The van der Waals surface area contributed by atoms with Crippen LogP contribution in [-0.4, -0.2) is 48.9 Å². The van der Waals surface area contributed by atoms with Gasteiger partial charge in [-0.05, 0) is 36.5 Å². The summed E-state index contributed by atoms with van der Waals surface area (Å²) in [5.41, 5.74) is 0.945. The Morgan fingerprint density at radius 1 is 1.38 bits per heavy atom. The fourth-order valence-corrected chi connectivity index (χ4v) is 4.32. The van der Waals surface area contributed by atoms with E-state index in [4.69, 9.17) is 5.11 Å². The number of hydrogen-bond donors (Lipinski definition) is 1. The summed E-state index contributed by atoms with van der Waals surface area (Å²) < 4.78 is 28.9. The largest absolute Gasteiger partial charge is 0.396 e. The Labute approximate surface area is 134 Å². The molecule has 1 saturated heterocycles. The molecular formula is C14H21BrN2O3S. The highest BCUT2D eigenvalue weighted by molar-refractivity contribution is 9.10. The molecule has 2 rings (SSSR count). The number of benzene rings is 1. The number of rotatable bonds is 5. The summed E-state index contributed by atoms with van der Waals surface area (Å²) in [4.78, 5) is 0. The van der Waals surface area contributed by atoms with Crippen molar-refractivity contribution in [2.75, 3.05) is 26.7 Å². The van der Waals surface area contributed by atoms with Gasteiger partial charge in [0.2, 0.25) is 0 Å². The van der Waals surface area contributed by atoms with E-state index < -0.39 is 10.2 Å². The fraction of sp³-hybridized carbons (Fsp3) is 0.571. The van der Waals surface area contributed by atoms with E-state index in [9.17, 15) is 8.42 Å².